The van der Waals surface area contributed by atoms with Gasteiger partial charge in [-0.05, 0) is 44.3 Å². The van der Waals surface area contributed by atoms with Crippen LogP contribution in [-0.2, 0) is 6.42 Å². The van der Waals surface area contributed by atoms with Gasteiger partial charge in [0.05, 0.1) is 7.11 Å². The van der Waals surface area contributed by atoms with E-state index in [9.17, 15) is 4.79 Å². The molecule has 2 aromatic rings. The van der Waals surface area contributed by atoms with Crippen LogP contribution in [0.4, 0.5) is 5.95 Å². The fourth-order valence-corrected chi connectivity index (χ4v) is 2.16. The molecule has 7 nitrogen and oxygen atoms in total. The lowest BCUT2D eigenvalue weighted by Gasteiger charge is -2.10. The maximum absolute atomic E-state index is 12.2. The minimum Gasteiger partial charge on any atom is -0.497 e. The summed E-state index contributed by atoms with van der Waals surface area (Å²) >= 11 is 0. The Morgan fingerprint density at radius 1 is 1.16 bits per heavy atom. The first-order chi connectivity index (χ1) is 12.1. The fourth-order valence-electron chi connectivity index (χ4n) is 2.16. The summed E-state index contributed by atoms with van der Waals surface area (Å²) in [5.41, 5.74) is 1.49. The molecule has 0 unspecified atom stereocenters. The summed E-state index contributed by atoms with van der Waals surface area (Å²) in [6.45, 7) is 2.12. The Labute approximate surface area is 148 Å². The van der Waals surface area contributed by atoms with Crippen LogP contribution in [0.2, 0.25) is 0 Å². The Bertz CT molecular complexity index is 673. The van der Waals surface area contributed by atoms with Crippen LogP contribution in [-0.4, -0.2) is 61.6 Å². The Morgan fingerprint density at radius 2 is 1.92 bits per heavy atom. The van der Waals surface area contributed by atoms with Gasteiger partial charge in [-0.1, -0.05) is 12.1 Å². The highest BCUT2D eigenvalue weighted by molar-refractivity contribution is 5.92. The number of aromatic nitrogens is 2. The van der Waals surface area contributed by atoms with Gasteiger partial charge in [-0.25, -0.2) is 9.97 Å². The lowest BCUT2D eigenvalue weighted by Crippen LogP contribution is -2.27. The number of benzene rings is 1. The van der Waals surface area contributed by atoms with E-state index < -0.39 is 0 Å². The molecule has 0 atom stereocenters. The highest BCUT2D eigenvalue weighted by atomic mass is 16.5. The van der Waals surface area contributed by atoms with E-state index in [4.69, 9.17) is 4.74 Å². The Hall–Kier alpha value is -2.67. The summed E-state index contributed by atoms with van der Waals surface area (Å²) in [6, 6.07) is 9.41. The molecule has 1 aromatic carbocycles. The Kier molecular flexibility index (Phi) is 7.16. The van der Waals surface area contributed by atoms with Gasteiger partial charge in [0.25, 0.3) is 5.91 Å². The Balaban J connectivity index is 1.81. The number of carbonyl (C=O) groups excluding carboxylic acids is 1. The van der Waals surface area contributed by atoms with Crippen molar-refractivity contribution < 1.29 is 9.53 Å². The molecule has 0 radical (unpaired) electrons. The van der Waals surface area contributed by atoms with E-state index in [0.717, 1.165) is 30.8 Å². The van der Waals surface area contributed by atoms with Crippen LogP contribution in [0.5, 0.6) is 5.75 Å². The van der Waals surface area contributed by atoms with E-state index in [1.165, 1.54) is 0 Å². The van der Waals surface area contributed by atoms with E-state index in [-0.39, 0.29) is 5.91 Å². The lowest BCUT2D eigenvalue weighted by molar-refractivity contribution is 0.0949. The molecule has 25 heavy (non-hydrogen) atoms. The van der Waals surface area contributed by atoms with Gasteiger partial charge in [0.2, 0.25) is 5.95 Å². The first-order valence-electron chi connectivity index (χ1n) is 8.21. The molecule has 0 spiro atoms. The molecular formula is C18H25N5O2. The maximum Gasteiger partial charge on any atom is 0.270 e. The second-order valence-electron chi connectivity index (χ2n) is 5.85. The number of carbonyl (C=O) groups is 1. The van der Waals surface area contributed by atoms with E-state index in [1.807, 2.05) is 38.4 Å². The van der Waals surface area contributed by atoms with Crippen LogP contribution in [0.3, 0.4) is 0 Å². The summed E-state index contributed by atoms with van der Waals surface area (Å²) < 4.78 is 5.13. The molecule has 0 aliphatic carbocycles. The van der Waals surface area contributed by atoms with E-state index >= 15 is 0 Å². The first-order valence-corrected chi connectivity index (χ1v) is 8.21. The molecular weight excluding hydrogens is 318 g/mol. The van der Waals surface area contributed by atoms with Crippen LogP contribution in [0.15, 0.2) is 36.5 Å². The third-order valence-electron chi connectivity index (χ3n) is 3.59. The zero-order valence-corrected chi connectivity index (χ0v) is 15.0. The zero-order valence-electron chi connectivity index (χ0n) is 15.0. The standard InChI is InChI=1S/C18H25N5O2/c1-23(2)13-12-21-18-20-11-9-16(22-18)17(24)19-10-8-14-4-6-15(25-3)7-5-14/h4-7,9,11H,8,10,12-13H2,1-3H3,(H,19,24)(H,20,21,22). The third-order valence-corrected chi connectivity index (χ3v) is 3.59. The number of nitrogens with zero attached hydrogens (tertiary/aromatic N) is 3. The summed E-state index contributed by atoms with van der Waals surface area (Å²) in [6.07, 6.45) is 2.33. The number of hydrogen-bond acceptors (Lipinski definition) is 6. The van der Waals surface area contributed by atoms with Crippen molar-refractivity contribution >= 4 is 11.9 Å². The van der Waals surface area contributed by atoms with Crippen LogP contribution >= 0.6 is 0 Å². The van der Waals surface area contributed by atoms with Crippen LogP contribution in [0, 0.1) is 0 Å². The van der Waals surface area contributed by atoms with Gasteiger partial charge in [0.1, 0.15) is 11.4 Å². The van der Waals surface area contributed by atoms with E-state index in [1.54, 1.807) is 19.4 Å². The van der Waals surface area contributed by atoms with Gasteiger partial charge in [-0.2, -0.15) is 0 Å². The molecule has 7 heteroatoms. The number of methoxy groups -OCH3 is 1. The predicted octanol–water partition coefficient (Wildman–Crippen LogP) is 1.43. The van der Waals surface area contributed by atoms with Crippen LogP contribution in [0.25, 0.3) is 0 Å². The van der Waals surface area contributed by atoms with Crippen molar-refractivity contribution in [2.75, 3.05) is 46.2 Å². The van der Waals surface area contributed by atoms with Gasteiger partial charge < -0.3 is 20.3 Å². The van der Waals surface area contributed by atoms with Crippen molar-refractivity contribution in [2.45, 2.75) is 6.42 Å². The minimum absolute atomic E-state index is 0.202. The number of hydrogen-bond donors (Lipinski definition) is 2. The molecule has 1 heterocycles. The number of nitrogens with one attached hydrogen (secondary N) is 2. The summed E-state index contributed by atoms with van der Waals surface area (Å²) in [7, 11) is 5.63. The molecule has 0 fully saturated rings. The molecule has 1 amide bonds. The molecule has 0 bridgehead atoms. The highest BCUT2D eigenvalue weighted by Crippen LogP contribution is 2.11. The summed E-state index contributed by atoms with van der Waals surface area (Å²) in [5.74, 6) is 1.08. The fraction of sp³-hybridized carbons (Fsp3) is 0.389. The predicted molar refractivity (Wildman–Crippen MR) is 98.1 cm³/mol. The molecule has 2 rings (SSSR count). The normalized spacial score (nSPS) is 10.6. The number of anilines is 1. The van der Waals surface area contributed by atoms with Gasteiger partial charge in [-0.3, -0.25) is 4.79 Å². The zero-order chi connectivity index (χ0) is 18.1. The number of ether oxygens (including phenoxy) is 1. The number of likely N-dealkylation sites (N-methyl/N-ethyl adjacent to an activating group) is 1. The van der Waals surface area contributed by atoms with Crippen molar-refractivity contribution in [3.63, 3.8) is 0 Å². The minimum atomic E-state index is -0.202. The average Bonchev–Trinajstić information content (AvgIpc) is 2.62. The SMILES string of the molecule is COc1ccc(CCNC(=O)c2ccnc(NCCN(C)C)n2)cc1. The van der Waals surface area contributed by atoms with Crippen molar-refractivity contribution in [1.29, 1.82) is 0 Å². The molecule has 2 N–H and O–H groups in total. The highest BCUT2D eigenvalue weighted by Gasteiger charge is 2.08. The van der Waals surface area contributed by atoms with Gasteiger partial charge in [-0.15, -0.1) is 0 Å². The molecule has 134 valence electrons. The van der Waals surface area contributed by atoms with E-state index in [2.05, 4.69) is 25.5 Å². The monoisotopic (exact) mass is 343 g/mol. The quantitative estimate of drug-likeness (QED) is 0.717. The van der Waals surface area contributed by atoms with Crippen molar-refractivity contribution in [3.05, 3.63) is 47.8 Å². The van der Waals surface area contributed by atoms with Gasteiger partial charge in [0.15, 0.2) is 0 Å². The van der Waals surface area contributed by atoms with E-state index in [0.29, 0.717) is 18.2 Å². The first kappa shape index (κ1) is 18.7. The lowest BCUT2D eigenvalue weighted by atomic mass is 10.1. The van der Waals surface area contributed by atoms with Gasteiger partial charge >= 0.3 is 0 Å². The maximum atomic E-state index is 12.2. The molecule has 0 saturated heterocycles. The molecule has 0 aliphatic heterocycles. The second kappa shape index (κ2) is 9.58. The van der Waals surface area contributed by atoms with Crippen molar-refractivity contribution in [3.8, 4) is 5.75 Å². The average molecular weight is 343 g/mol. The largest absolute Gasteiger partial charge is 0.497 e. The van der Waals surface area contributed by atoms with Gasteiger partial charge in [0, 0.05) is 25.8 Å². The Morgan fingerprint density at radius 3 is 2.60 bits per heavy atom. The van der Waals surface area contributed by atoms with Crippen LogP contribution in [0.1, 0.15) is 16.1 Å². The molecule has 1 aromatic heterocycles. The smallest absolute Gasteiger partial charge is 0.270 e. The summed E-state index contributed by atoms with van der Waals surface area (Å²) in [5, 5.41) is 5.99. The topological polar surface area (TPSA) is 79.4 Å². The third kappa shape index (κ3) is 6.39. The summed E-state index contributed by atoms with van der Waals surface area (Å²) in [4.78, 5) is 22.6. The van der Waals surface area contributed by atoms with Crippen LogP contribution < -0.4 is 15.4 Å². The van der Waals surface area contributed by atoms with Crippen molar-refractivity contribution in [1.82, 2.24) is 20.2 Å². The second-order valence-corrected chi connectivity index (χ2v) is 5.85. The molecule has 0 saturated carbocycles. The number of rotatable bonds is 9. The van der Waals surface area contributed by atoms with Crippen molar-refractivity contribution in [2.24, 2.45) is 0 Å². The number of amides is 1. The molecule has 0 aliphatic rings.